The van der Waals surface area contributed by atoms with E-state index in [-0.39, 0.29) is 34.1 Å². The van der Waals surface area contributed by atoms with E-state index in [1.54, 1.807) is 12.1 Å². The zero-order valence-corrected chi connectivity index (χ0v) is 41.6. The van der Waals surface area contributed by atoms with Gasteiger partial charge in [0.2, 0.25) is 0 Å². The molecule has 0 aromatic heterocycles. The summed E-state index contributed by atoms with van der Waals surface area (Å²) in [5.41, 5.74) is 9.60. The fourth-order valence-corrected chi connectivity index (χ4v) is 11.9. The van der Waals surface area contributed by atoms with Crippen molar-refractivity contribution in [1.82, 2.24) is 0 Å². The van der Waals surface area contributed by atoms with Gasteiger partial charge >= 0.3 is 0 Å². The first kappa shape index (κ1) is 49.3. The molecule has 0 atom stereocenters. The van der Waals surface area contributed by atoms with Gasteiger partial charge in [0, 0.05) is 58.4 Å². The van der Waals surface area contributed by atoms with Crippen molar-refractivity contribution < 1.29 is 39.6 Å². The largest absolute Gasteiger partial charge is 0.316 e. The van der Waals surface area contributed by atoms with E-state index in [1.165, 1.54) is 48.5 Å². The second kappa shape index (κ2) is 19.4. The van der Waals surface area contributed by atoms with E-state index in [2.05, 4.69) is 52.0 Å². The average Bonchev–Trinajstić information content (AvgIpc) is 3.49. The summed E-state index contributed by atoms with van der Waals surface area (Å²) in [5.74, 6) is -5.82. The molecule has 1 aliphatic heterocycles. The van der Waals surface area contributed by atoms with Crippen molar-refractivity contribution >= 4 is 21.5 Å². The molecule has 0 saturated carbocycles. The molecule has 374 valence electrons. The molecule has 0 N–H and O–H groups in total. The highest BCUT2D eigenvalue weighted by atomic mass is 19.2. The second-order valence-electron chi connectivity index (χ2n) is 21.0. The van der Waals surface area contributed by atoms with Crippen LogP contribution < -0.4 is 0 Å². The van der Waals surface area contributed by atoms with Gasteiger partial charge < -0.3 is 4.48 Å². The summed E-state index contributed by atoms with van der Waals surface area (Å²) in [7, 11) is 0. The van der Waals surface area contributed by atoms with E-state index in [1.807, 2.05) is 60.7 Å². The zero-order chi connectivity index (χ0) is 52.4. The van der Waals surface area contributed by atoms with Gasteiger partial charge in [-0.25, -0.2) is 35.1 Å². The minimum absolute atomic E-state index is 0.197. The lowest BCUT2D eigenvalue weighted by molar-refractivity contribution is -0.958. The Balaban J connectivity index is 1.29. The van der Waals surface area contributed by atoms with Crippen LogP contribution in [0.5, 0.6) is 0 Å². The van der Waals surface area contributed by atoms with Crippen molar-refractivity contribution in [2.45, 2.75) is 40.8 Å². The summed E-state index contributed by atoms with van der Waals surface area (Å²) in [6, 6.07) is 44.6. The SMILES string of the molecule is CC(C)C[N+]1(CC(C)C)Cc2c(-c3cc(-c4cc(F)cc(F)c4)cc(-c4cc(F)cc(F)c4)c3)cc3ccccc3c2-c2c(c(-c3cc(-c4cc(F)cc(F)c4)cc(-c4cc(F)cc(F)c4)c3)cc3ccccc23)C1. The molecule has 11 rings (SSSR count). The van der Waals surface area contributed by atoms with Gasteiger partial charge in [-0.15, -0.1) is 0 Å². The molecular formula is C66H50F8N+. The highest BCUT2D eigenvalue weighted by molar-refractivity contribution is 6.12. The minimum atomic E-state index is -0.777. The molecule has 0 fully saturated rings. The number of hydrogen-bond donors (Lipinski definition) is 0. The molecule has 1 nitrogen and oxygen atoms in total. The van der Waals surface area contributed by atoms with Crippen LogP contribution in [0.25, 0.3) is 99.4 Å². The zero-order valence-electron chi connectivity index (χ0n) is 41.6. The average molecular weight is 1010 g/mol. The summed E-state index contributed by atoms with van der Waals surface area (Å²) in [4.78, 5) is 0. The first-order valence-corrected chi connectivity index (χ1v) is 25.1. The van der Waals surface area contributed by atoms with E-state index < -0.39 is 46.5 Å². The van der Waals surface area contributed by atoms with Crippen LogP contribution in [0, 0.1) is 58.4 Å². The molecule has 0 radical (unpaired) electrons. The van der Waals surface area contributed by atoms with Crippen LogP contribution in [0.15, 0.2) is 170 Å². The van der Waals surface area contributed by atoms with Gasteiger partial charge in [-0.2, -0.15) is 0 Å². The van der Waals surface area contributed by atoms with Crippen LogP contribution in [0.1, 0.15) is 38.8 Å². The van der Waals surface area contributed by atoms with E-state index in [9.17, 15) is 0 Å². The van der Waals surface area contributed by atoms with Gasteiger partial charge in [0.05, 0.1) is 13.1 Å². The van der Waals surface area contributed by atoms with Gasteiger partial charge in [0.15, 0.2) is 0 Å². The van der Waals surface area contributed by atoms with Gasteiger partial charge in [-0.1, -0.05) is 76.2 Å². The Morgan fingerprint density at radius 1 is 0.320 bits per heavy atom. The molecule has 75 heavy (non-hydrogen) atoms. The Morgan fingerprint density at radius 3 is 0.853 bits per heavy atom. The Kier molecular flexibility index (Phi) is 12.8. The van der Waals surface area contributed by atoms with Crippen LogP contribution in [-0.2, 0) is 13.1 Å². The molecule has 0 spiro atoms. The molecule has 9 heteroatoms. The first-order chi connectivity index (χ1) is 35.9. The number of fused-ring (bicyclic) bond motifs is 7. The Morgan fingerprint density at radius 2 is 0.573 bits per heavy atom. The van der Waals surface area contributed by atoms with Gasteiger partial charge in [0.1, 0.15) is 59.6 Å². The highest BCUT2D eigenvalue weighted by Gasteiger charge is 2.39. The molecule has 1 aliphatic rings. The molecular weight excluding hydrogens is 959 g/mol. The Bertz CT molecular complexity index is 3440. The van der Waals surface area contributed by atoms with Crippen molar-refractivity contribution in [3.05, 3.63) is 228 Å². The maximum absolute atomic E-state index is 15.1. The van der Waals surface area contributed by atoms with Crippen molar-refractivity contribution in [3.8, 4) is 77.9 Å². The summed E-state index contributed by atoms with van der Waals surface area (Å²) in [5, 5.41) is 3.71. The molecule has 10 aromatic carbocycles. The van der Waals surface area contributed by atoms with Crippen LogP contribution in [0.4, 0.5) is 35.1 Å². The molecule has 0 bridgehead atoms. The first-order valence-electron chi connectivity index (χ1n) is 25.1. The minimum Gasteiger partial charge on any atom is -0.316 e. The standard InChI is InChI=1S/C66H50F8N/c1-37(2)33-75(34-38(3)4)35-63-61(49-15-41(45-19-51(67)29-52(68)20-45)13-42(16-49)46-21-53(69)30-54(70)22-46)27-39-9-5-7-11-59(39)65(63)66-60-12-8-6-10-40(60)28-62(64(66)36-75)50-17-43(47-23-55(71)31-56(72)24-47)14-44(18-50)48-25-57(73)32-58(74)26-48/h5-32,37-38H,33-36H2,1-4H3/q+1. The fraction of sp³-hybridized carbons (Fsp3) is 0.152. The Labute approximate surface area is 430 Å². The topological polar surface area (TPSA) is 0 Å². The summed E-state index contributed by atoms with van der Waals surface area (Å²) in [6.07, 6.45) is 0. The maximum atomic E-state index is 15.1. The van der Waals surface area contributed by atoms with Crippen LogP contribution in [-0.4, -0.2) is 17.6 Å². The monoisotopic (exact) mass is 1010 g/mol. The lowest BCUT2D eigenvalue weighted by atomic mass is 9.81. The molecule has 0 unspecified atom stereocenters. The summed E-state index contributed by atoms with van der Waals surface area (Å²) < 4.78 is 121. The Hall–Kier alpha value is -7.88. The van der Waals surface area contributed by atoms with Crippen LogP contribution in [0.3, 0.4) is 0 Å². The van der Waals surface area contributed by atoms with Gasteiger partial charge in [0.25, 0.3) is 0 Å². The highest BCUT2D eigenvalue weighted by Crippen LogP contribution is 2.52. The summed E-state index contributed by atoms with van der Waals surface area (Å²) in [6.45, 7) is 11.3. The number of halogens is 8. The van der Waals surface area contributed by atoms with E-state index >= 15 is 35.1 Å². The van der Waals surface area contributed by atoms with E-state index in [0.29, 0.717) is 51.0 Å². The lowest BCUT2D eigenvalue weighted by Crippen LogP contribution is -2.50. The number of nitrogens with zero attached hydrogens (tertiary/aromatic N) is 1. The molecule has 0 amide bonds. The third-order valence-corrected chi connectivity index (χ3v) is 14.3. The van der Waals surface area contributed by atoms with Gasteiger partial charge in [-0.3, -0.25) is 0 Å². The second-order valence-corrected chi connectivity index (χ2v) is 21.0. The fourth-order valence-electron chi connectivity index (χ4n) is 11.9. The van der Waals surface area contributed by atoms with Crippen LogP contribution >= 0.6 is 0 Å². The molecule has 10 aromatic rings. The van der Waals surface area contributed by atoms with E-state index in [4.69, 9.17) is 0 Å². The molecule has 1 heterocycles. The quantitative estimate of drug-likeness (QED) is 0.0946. The van der Waals surface area contributed by atoms with Crippen molar-refractivity contribution in [2.24, 2.45) is 11.8 Å². The number of rotatable bonds is 10. The van der Waals surface area contributed by atoms with Crippen molar-refractivity contribution in [3.63, 3.8) is 0 Å². The molecule has 0 saturated heterocycles. The number of hydrogen-bond acceptors (Lipinski definition) is 0. The normalized spacial score (nSPS) is 13.1. The molecule has 0 aliphatic carbocycles. The van der Waals surface area contributed by atoms with Crippen molar-refractivity contribution in [2.75, 3.05) is 13.1 Å². The van der Waals surface area contributed by atoms with Crippen LogP contribution in [0.2, 0.25) is 0 Å². The predicted octanol–water partition coefficient (Wildman–Crippen LogP) is 18.9. The predicted molar refractivity (Wildman–Crippen MR) is 286 cm³/mol. The van der Waals surface area contributed by atoms with E-state index in [0.717, 1.165) is 92.3 Å². The number of quaternary nitrogens is 1. The lowest BCUT2D eigenvalue weighted by Gasteiger charge is -2.41. The number of benzene rings is 10. The third-order valence-electron chi connectivity index (χ3n) is 14.3. The van der Waals surface area contributed by atoms with Crippen molar-refractivity contribution in [1.29, 1.82) is 0 Å². The third kappa shape index (κ3) is 9.85. The summed E-state index contributed by atoms with van der Waals surface area (Å²) >= 11 is 0. The smallest absolute Gasteiger partial charge is 0.126 e. The van der Waals surface area contributed by atoms with Gasteiger partial charge in [-0.05, 0) is 185 Å². The maximum Gasteiger partial charge on any atom is 0.126 e.